The molecule has 3 rings (SSSR count). The quantitative estimate of drug-likeness (QED) is 0.347. The van der Waals surface area contributed by atoms with Gasteiger partial charge in [-0.05, 0) is 31.4 Å². The zero-order valence-corrected chi connectivity index (χ0v) is 16.8. The Morgan fingerprint density at radius 2 is 1.83 bits per heavy atom. The highest BCUT2D eigenvalue weighted by Crippen LogP contribution is 2.30. The maximum absolute atomic E-state index is 12.9. The Morgan fingerprint density at radius 1 is 1.14 bits per heavy atom. The van der Waals surface area contributed by atoms with E-state index in [-0.39, 0.29) is 23.8 Å². The Morgan fingerprint density at radius 3 is 2.52 bits per heavy atom. The predicted molar refractivity (Wildman–Crippen MR) is 111 cm³/mol. The van der Waals surface area contributed by atoms with E-state index in [2.05, 4.69) is 5.32 Å². The summed E-state index contributed by atoms with van der Waals surface area (Å²) in [5, 5.41) is 15.2. The smallest absolute Gasteiger partial charge is 0.308 e. The summed E-state index contributed by atoms with van der Waals surface area (Å²) in [6.45, 7) is 3.43. The van der Waals surface area contributed by atoms with E-state index in [0.717, 1.165) is 10.1 Å². The number of para-hydroxylation sites is 1. The number of fused-ring (bicyclic) bond motifs is 1. The molecule has 7 nitrogen and oxygen atoms in total. The summed E-state index contributed by atoms with van der Waals surface area (Å²) in [5.41, 5.74) is 0.0964. The number of carbonyl (C=O) groups excluding carboxylic acids is 2. The molecule has 1 atom stereocenters. The van der Waals surface area contributed by atoms with Crippen molar-refractivity contribution in [1.29, 1.82) is 0 Å². The number of thiophene rings is 1. The second-order valence-corrected chi connectivity index (χ2v) is 7.82. The van der Waals surface area contributed by atoms with Gasteiger partial charge in [0.25, 0.3) is 11.6 Å². The van der Waals surface area contributed by atoms with Crippen molar-refractivity contribution in [2.45, 2.75) is 32.4 Å². The van der Waals surface area contributed by atoms with E-state index in [1.807, 2.05) is 24.3 Å². The van der Waals surface area contributed by atoms with E-state index in [1.165, 1.54) is 23.5 Å². The van der Waals surface area contributed by atoms with Gasteiger partial charge in [0, 0.05) is 10.8 Å². The van der Waals surface area contributed by atoms with Gasteiger partial charge in [0.1, 0.15) is 0 Å². The van der Waals surface area contributed by atoms with Gasteiger partial charge < -0.3 is 10.1 Å². The van der Waals surface area contributed by atoms with Crippen molar-refractivity contribution >= 4 is 39.0 Å². The third-order valence-corrected chi connectivity index (χ3v) is 5.32. The van der Waals surface area contributed by atoms with Crippen LogP contribution in [0.5, 0.6) is 0 Å². The molecule has 0 fully saturated rings. The number of carbonyl (C=O) groups is 2. The molecule has 0 aliphatic rings. The Kier molecular flexibility index (Phi) is 6.23. The topological polar surface area (TPSA) is 98.5 Å². The summed E-state index contributed by atoms with van der Waals surface area (Å²) in [6.07, 6.45) is -0.535. The standard InChI is InChI=1S/C21H20N2O5S/c1-13(2)28-20(24)12-16(15-8-4-5-9-17(15)23(26)27)22-21(25)19-11-14-7-3-6-10-18(14)29-19/h3-11,13,16H,12H2,1-2H3,(H,22,25). The number of nitro groups is 1. The van der Waals surface area contributed by atoms with Crippen molar-refractivity contribution in [1.82, 2.24) is 5.32 Å². The van der Waals surface area contributed by atoms with Crippen LogP contribution in [0.2, 0.25) is 0 Å². The lowest BCUT2D eigenvalue weighted by Crippen LogP contribution is -2.31. The van der Waals surface area contributed by atoms with Gasteiger partial charge in [0.2, 0.25) is 0 Å². The molecule has 0 aliphatic heterocycles. The monoisotopic (exact) mass is 412 g/mol. The van der Waals surface area contributed by atoms with Crippen LogP contribution in [0.3, 0.4) is 0 Å². The van der Waals surface area contributed by atoms with Crippen LogP contribution < -0.4 is 5.32 Å². The first-order valence-corrected chi connectivity index (χ1v) is 9.89. The van der Waals surface area contributed by atoms with Gasteiger partial charge in [0.05, 0.1) is 33.9 Å². The molecule has 0 aliphatic carbocycles. The second-order valence-electron chi connectivity index (χ2n) is 6.73. The van der Waals surface area contributed by atoms with Gasteiger partial charge >= 0.3 is 5.97 Å². The van der Waals surface area contributed by atoms with Crippen LogP contribution in [0, 0.1) is 10.1 Å². The molecule has 1 N–H and O–H groups in total. The number of rotatable bonds is 7. The molecule has 1 aromatic heterocycles. The summed E-state index contributed by atoms with van der Waals surface area (Å²) in [5.74, 6) is -0.938. The molecular weight excluding hydrogens is 392 g/mol. The van der Waals surface area contributed by atoms with Gasteiger partial charge in [-0.3, -0.25) is 19.7 Å². The van der Waals surface area contributed by atoms with Gasteiger partial charge in [0.15, 0.2) is 0 Å². The summed E-state index contributed by atoms with van der Waals surface area (Å²) in [4.78, 5) is 36.5. The highest BCUT2D eigenvalue weighted by molar-refractivity contribution is 7.20. The van der Waals surface area contributed by atoms with E-state index in [1.54, 1.807) is 32.0 Å². The van der Waals surface area contributed by atoms with Crippen molar-refractivity contribution in [3.05, 3.63) is 75.2 Å². The number of nitrogens with zero attached hydrogens (tertiary/aromatic N) is 1. The zero-order chi connectivity index (χ0) is 21.0. The number of nitrogens with one attached hydrogen (secondary N) is 1. The van der Waals surface area contributed by atoms with Crippen LogP contribution in [0.4, 0.5) is 5.69 Å². The first kappa shape index (κ1) is 20.5. The van der Waals surface area contributed by atoms with E-state index < -0.39 is 22.8 Å². The third kappa shape index (κ3) is 4.97. The highest BCUT2D eigenvalue weighted by atomic mass is 32.1. The maximum Gasteiger partial charge on any atom is 0.308 e. The fourth-order valence-electron chi connectivity index (χ4n) is 2.99. The molecule has 1 unspecified atom stereocenters. The van der Waals surface area contributed by atoms with Crippen LogP contribution in [0.25, 0.3) is 10.1 Å². The van der Waals surface area contributed by atoms with Gasteiger partial charge in [-0.25, -0.2) is 0 Å². The van der Waals surface area contributed by atoms with Crippen molar-refractivity contribution in [3.8, 4) is 0 Å². The largest absolute Gasteiger partial charge is 0.463 e. The van der Waals surface area contributed by atoms with Crippen molar-refractivity contribution in [2.75, 3.05) is 0 Å². The molecule has 0 saturated carbocycles. The average molecular weight is 412 g/mol. The summed E-state index contributed by atoms with van der Waals surface area (Å²) in [6, 6.07) is 14.5. The van der Waals surface area contributed by atoms with Gasteiger partial charge in [-0.1, -0.05) is 36.4 Å². The number of amides is 1. The molecule has 0 radical (unpaired) electrons. The average Bonchev–Trinajstić information content (AvgIpc) is 3.11. The Hall–Kier alpha value is -3.26. The molecule has 8 heteroatoms. The minimum absolute atomic E-state index is 0.161. The highest BCUT2D eigenvalue weighted by Gasteiger charge is 2.27. The molecule has 2 aromatic carbocycles. The number of nitro benzene ring substituents is 1. The Bertz CT molecular complexity index is 1030. The summed E-state index contributed by atoms with van der Waals surface area (Å²) in [7, 11) is 0. The molecule has 3 aromatic rings. The first-order valence-electron chi connectivity index (χ1n) is 9.07. The van der Waals surface area contributed by atoms with Crippen LogP contribution in [0.1, 0.15) is 41.5 Å². The molecule has 1 amide bonds. The van der Waals surface area contributed by atoms with Gasteiger partial charge in [-0.15, -0.1) is 11.3 Å². The number of esters is 1. The molecule has 0 bridgehead atoms. The zero-order valence-electron chi connectivity index (χ0n) is 16.0. The van der Waals surface area contributed by atoms with Crippen LogP contribution >= 0.6 is 11.3 Å². The van der Waals surface area contributed by atoms with Crippen LogP contribution in [0.15, 0.2) is 54.6 Å². The second kappa shape index (κ2) is 8.83. The Labute approximate surface area is 171 Å². The fourth-order valence-corrected chi connectivity index (χ4v) is 3.95. The maximum atomic E-state index is 12.9. The molecule has 0 saturated heterocycles. The lowest BCUT2D eigenvalue weighted by Gasteiger charge is -2.19. The summed E-state index contributed by atoms with van der Waals surface area (Å²) < 4.78 is 6.14. The molecule has 150 valence electrons. The Balaban J connectivity index is 1.91. The van der Waals surface area contributed by atoms with Crippen LogP contribution in [-0.4, -0.2) is 22.9 Å². The number of benzene rings is 2. The summed E-state index contributed by atoms with van der Waals surface area (Å²) >= 11 is 1.32. The van der Waals surface area contributed by atoms with E-state index in [0.29, 0.717) is 4.88 Å². The van der Waals surface area contributed by atoms with Crippen molar-refractivity contribution < 1.29 is 19.2 Å². The fraction of sp³-hybridized carbons (Fsp3) is 0.238. The SMILES string of the molecule is CC(C)OC(=O)CC(NC(=O)c1cc2ccccc2s1)c1ccccc1[N+](=O)[O-]. The van der Waals surface area contributed by atoms with Crippen molar-refractivity contribution in [3.63, 3.8) is 0 Å². The minimum Gasteiger partial charge on any atom is -0.463 e. The van der Waals surface area contributed by atoms with Crippen LogP contribution in [-0.2, 0) is 9.53 Å². The molecule has 1 heterocycles. The predicted octanol–water partition coefficient (Wildman–Crippen LogP) is 4.62. The van der Waals surface area contributed by atoms with Gasteiger partial charge in [-0.2, -0.15) is 0 Å². The minimum atomic E-state index is -0.888. The lowest BCUT2D eigenvalue weighted by molar-refractivity contribution is -0.385. The molecule has 29 heavy (non-hydrogen) atoms. The number of hydrogen-bond donors (Lipinski definition) is 1. The van der Waals surface area contributed by atoms with E-state index in [4.69, 9.17) is 4.74 Å². The molecule has 0 spiro atoms. The number of ether oxygens (including phenoxy) is 1. The normalized spacial score (nSPS) is 12.0. The lowest BCUT2D eigenvalue weighted by atomic mass is 10.0. The van der Waals surface area contributed by atoms with E-state index in [9.17, 15) is 19.7 Å². The van der Waals surface area contributed by atoms with E-state index >= 15 is 0 Å². The number of hydrogen-bond acceptors (Lipinski definition) is 6. The first-order chi connectivity index (χ1) is 13.8. The third-order valence-electron chi connectivity index (χ3n) is 4.20. The van der Waals surface area contributed by atoms with Crippen molar-refractivity contribution in [2.24, 2.45) is 0 Å². The molecular formula is C21H20N2O5S.